The van der Waals surface area contributed by atoms with Gasteiger partial charge in [0.1, 0.15) is 0 Å². The lowest BCUT2D eigenvalue weighted by Crippen LogP contribution is -2.36. The number of aromatic nitrogens is 3. The molecule has 1 aliphatic rings. The van der Waals surface area contributed by atoms with E-state index < -0.39 is 7.12 Å². The number of hydrogen-bond acceptors (Lipinski definition) is 5. The summed E-state index contributed by atoms with van der Waals surface area (Å²) < 4.78 is 0. The van der Waals surface area contributed by atoms with Crippen molar-refractivity contribution in [2.24, 2.45) is 0 Å². The lowest BCUT2D eigenvalue weighted by Gasteiger charge is -2.21. The van der Waals surface area contributed by atoms with Gasteiger partial charge in [-0.15, -0.1) is 0 Å². The predicted molar refractivity (Wildman–Crippen MR) is 118 cm³/mol. The molecule has 0 bridgehead atoms. The van der Waals surface area contributed by atoms with Gasteiger partial charge in [-0.3, -0.25) is 0 Å². The molecule has 0 radical (unpaired) electrons. The third kappa shape index (κ3) is 2.93. The average molecular weight is 393 g/mol. The Morgan fingerprint density at radius 1 is 0.667 bits per heavy atom. The second kappa shape index (κ2) is 6.87. The zero-order valence-corrected chi connectivity index (χ0v) is 16.7. The van der Waals surface area contributed by atoms with E-state index in [1.54, 1.807) is 0 Å². The molecule has 1 aliphatic carbocycles. The van der Waals surface area contributed by atoms with Gasteiger partial charge in [0.05, 0.1) is 0 Å². The molecule has 0 spiro atoms. The Morgan fingerprint density at radius 3 is 2.03 bits per heavy atom. The third-order valence-electron chi connectivity index (χ3n) is 5.76. The highest BCUT2D eigenvalue weighted by atomic mass is 16.4. The van der Waals surface area contributed by atoms with Crippen LogP contribution in [0, 0.1) is 0 Å². The maximum absolute atomic E-state index is 9.73. The largest absolute Gasteiger partial charge is 0.528 e. The minimum Gasteiger partial charge on any atom is -0.421 e. The van der Waals surface area contributed by atoms with Crippen molar-refractivity contribution < 1.29 is 10.0 Å². The Balaban J connectivity index is 1.67. The minimum absolute atomic E-state index is 0.0677. The highest BCUT2D eigenvalue weighted by Crippen LogP contribution is 2.49. The van der Waals surface area contributed by atoms with Crippen molar-refractivity contribution >= 4 is 12.8 Å². The molecule has 0 fully saturated rings. The van der Waals surface area contributed by atoms with Gasteiger partial charge in [-0.25, -0.2) is 15.0 Å². The van der Waals surface area contributed by atoms with Crippen LogP contribution < -0.4 is 5.72 Å². The van der Waals surface area contributed by atoms with Crippen LogP contribution in [0.25, 0.3) is 33.9 Å². The summed E-state index contributed by atoms with van der Waals surface area (Å²) >= 11 is 0. The van der Waals surface area contributed by atoms with Gasteiger partial charge in [0.25, 0.3) is 0 Å². The summed E-state index contributed by atoms with van der Waals surface area (Å²) in [6.07, 6.45) is 0. The molecule has 0 saturated carbocycles. The van der Waals surface area contributed by atoms with E-state index in [0.29, 0.717) is 11.6 Å². The van der Waals surface area contributed by atoms with E-state index in [4.69, 9.17) is 0 Å². The lowest BCUT2D eigenvalue weighted by atomic mass is 9.82. The Bertz CT molecular complexity index is 1260. The van der Waals surface area contributed by atoms with E-state index in [9.17, 15) is 10.0 Å². The molecule has 0 saturated heterocycles. The first-order chi connectivity index (χ1) is 14.4. The van der Waals surface area contributed by atoms with E-state index in [1.165, 1.54) is 22.3 Å². The predicted octanol–water partition coefficient (Wildman–Crippen LogP) is 3.19. The molecule has 4 aromatic rings. The number of rotatable bonds is 3. The Morgan fingerprint density at radius 2 is 1.30 bits per heavy atom. The topological polar surface area (TPSA) is 79.1 Å². The summed E-state index contributed by atoms with van der Waals surface area (Å²) in [5.41, 5.74) is 6.35. The summed E-state index contributed by atoms with van der Waals surface area (Å²) in [7, 11) is -1.77. The molecular weight excluding hydrogens is 373 g/mol. The molecule has 1 aromatic heterocycles. The van der Waals surface area contributed by atoms with Gasteiger partial charge in [-0.2, -0.15) is 0 Å². The van der Waals surface area contributed by atoms with Crippen molar-refractivity contribution in [1.29, 1.82) is 0 Å². The van der Waals surface area contributed by atoms with Crippen molar-refractivity contribution in [3.05, 3.63) is 83.9 Å². The van der Waals surface area contributed by atoms with Gasteiger partial charge in [0.15, 0.2) is 17.4 Å². The fourth-order valence-corrected chi connectivity index (χ4v) is 4.20. The van der Waals surface area contributed by atoms with Crippen LogP contribution in [0.2, 0.25) is 0 Å². The molecule has 0 unspecified atom stereocenters. The maximum atomic E-state index is 9.73. The molecule has 1 heterocycles. The molecule has 0 amide bonds. The number of fused-ring (bicyclic) bond motifs is 3. The van der Waals surface area contributed by atoms with Crippen LogP contribution in [0.15, 0.2) is 72.8 Å². The van der Waals surface area contributed by atoms with Crippen LogP contribution >= 0.6 is 0 Å². The van der Waals surface area contributed by atoms with Crippen molar-refractivity contribution in [3.8, 4) is 33.9 Å². The quantitative estimate of drug-likeness (QED) is 0.523. The van der Waals surface area contributed by atoms with Crippen LogP contribution in [0.3, 0.4) is 0 Å². The second-order valence-corrected chi connectivity index (χ2v) is 8.01. The van der Waals surface area contributed by atoms with Crippen LogP contribution in [-0.2, 0) is 5.41 Å². The maximum Gasteiger partial charge on any atom is 0.528 e. The monoisotopic (exact) mass is 393 g/mol. The van der Waals surface area contributed by atoms with Crippen LogP contribution in [0.1, 0.15) is 25.0 Å². The van der Waals surface area contributed by atoms with Gasteiger partial charge in [-0.05, 0) is 28.3 Å². The average Bonchev–Trinajstić information content (AvgIpc) is 3.01. The van der Waals surface area contributed by atoms with Crippen molar-refractivity contribution in [2.45, 2.75) is 19.3 Å². The Hall–Kier alpha value is -3.35. The fourth-order valence-electron chi connectivity index (χ4n) is 4.20. The summed E-state index contributed by atoms with van der Waals surface area (Å²) in [5, 5.41) is 19.5. The first-order valence-corrected chi connectivity index (χ1v) is 9.87. The first kappa shape index (κ1) is 18.7. The summed E-state index contributed by atoms with van der Waals surface area (Å²) in [6, 6.07) is 24.1. The molecule has 0 aliphatic heterocycles. The van der Waals surface area contributed by atoms with E-state index in [2.05, 4.69) is 65.2 Å². The van der Waals surface area contributed by atoms with Gasteiger partial charge in [0, 0.05) is 16.5 Å². The number of nitrogens with zero attached hydrogens (tertiary/aromatic N) is 3. The summed E-state index contributed by atoms with van der Waals surface area (Å²) in [5.74, 6) is 0.827. The fraction of sp³-hybridized carbons (Fsp3) is 0.125. The van der Waals surface area contributed by atoms with Crippen LogP contribution in [-0.4, -0.2) is 32.1 Å². The highest BCUT2D eigenvalue weighted by molar-refractivity contribution is 6.56. The molecule has 5 nitrogen and oxygen atoms in total. The zero-order chi connectivity index (χ0) is 20.9. The molecule has 30 heavy (non-hydrogen) atoms. The normalized spacial score (nSPS) is 13.6. The zero-order valence-electron chi connectivity index (χ0n) is 16.7. The van der Waals surface area contributed by atoms with Gasteiger partial charge in [0.2, 0.25) is 0 Å². The second-order valence-electron chi connectivity index (χ2n) is 8.01. The van der Waals surface area contributed by atoms with E-state index >= 15 is 0 Å². The Kier molecular flexibility index (Phi) is 4.27. The molecule has 146 valence electrons. The molecule has 5 rings (SSSR count). The molecule has 0 atom stereocenters. The highest BCUT2D eigenvalue weighted by Gasteiger charge is 2.35. The van der Waals surface area contributed by atoms with E-state index in [1.807, 2.05) is 36.4 Å². The van der Waals surface area contributed by atoms with Gasteiger partial charge in [-0.1, -0.05) is 80.6 Å². The molecule has 6 heteroatoms. The Labute approximate surface area is 175 Å². The van der Waals surface area contributed by atoms with Crippen LogP contribution in [0.5, 0.6) is 0 Å². The molecule has 3 aromatic carbocycles. The van der Waals surface area contributed by atoms with Gasteiger partial charge < -0.3 is 10.0 Å². The van der Waals surface area contributed by atoms with Crippen molar-refractivity contribution in [1.82, 2.24) is 15.0 Å². The third-order valence-corrected chi connectivity index (χ3v) is 5.76. The first-order valence-electron chi connectivity index (χ1n) is 9.87. The van der Waals surface area contributed by atoms with Crippen molar-refractivity contribution in [2.75, 3.05) is 0 Å². The van der Waals surface area contributed by atoms with E-state index in [-0.39, 0.29) is 11.1 Å². The van der Waals surface area contributed by atoms with Crippen LogP contribution in [0.4, 0.5) is 0 Å². The lowest BCUT2D eigenvalue weighted by molar-refractivity contribution is 0.422. The number of benzene rings is 3. The van der Waals surface area contributed by atoms with E-state index in [0.717, 1.165) is 11.1 Å². The summed E-state index contributed by atoms with van der Waals surface area (Å²) in [4.78, 5) is 13.2. The summed E-state index contributed by atoms with van der Waals surface area (Å²) in [6.45, 7) is 4.43. The van der Waals surface area contributed by atoms with Crippen molar-refractivity contribution in [3.63, 3.8) is 0 Å². The van der Waals surface area contributed by atoms with Gasteiger partial charge >= 0.3 is 7.12 Å². The number of hydrogen-bond donors (Lipinski definition) is 2. The minimum atomic E-state index is -1.77. The smallest absolute Gasteiger partial charge is 0.421 e. The SMILES string of the molecule is CC1(C)c2ccccc2-c2ccc(-c3nc(B(O)O)nc(-c4ccccc4)n3)cc21. The standard InChI is InChI=1S/C24H20BN3O2/c1-24(2)19-11-7-6-10-17(19)18-13-12-16(14-20(18)24)22-26-21(15-8-4-3-5-9-15)27-23(28-22)25(29)30/h3-14,29-30H,1-2H3. The molecular formula is C24H20BN3O2. The molecule has 2 N–H and O–H groups in total.